The minimum Gasteiger partial charge on any atom is -0.495 e. The van der Waals surface area contributed by atoms with E-state index in [1.807, 2.05) is 24.3 Å². The predicted molar refractivity (Wildman–Crippen MR) is 103 cm³/mol. The van der Waals surface area contributed by atoms with E-state index in [1.165, 1.54) is 12.7 Å². The number of nitrogens with two attached hydrogens (primary N) is 1. The molecule has 25 heavy (non-hydrogen) atoms. The fraction of sp³-hybridized carbons (Fsp3) is 0.333. The second kappa shape index (κ2) is 9.20. The number of primary sulfonamides is 1. The van der Waals surface area contributed by atoms with Crippen LogP contribution in [-0.4, -0.2) is 21.6 Å². The number of hydrogen-bond acceptors (Lipinski definition) is 4. The van der Waals surface area contributed by atoms with Crippen molar-refractivity contribution in [3.63, 3.8) is 0 Å². The average molecular weight is 385 g/mol. The zero-order chi connectivity index (χ0) is 17.7. The van der Waals surface area contributed by atoms with Gasteiger partial charge in [0.1, 0.15) is 10.6 Å². The Morgan fingerprint density at radius 3 is 2.32 bits per heavy atom. The summed E-state index contributed by atoms with van der Waals surface area (Å²) in [5.41, 5.74) is 2.10. The lowest BCUT2D eigenvalue weighted by Gasteiger charge is -2.21. The van der Waals surface area contributed by atoms with Crippen molar-refractivity contribution in [1.82, 2.24) is 5.32 Å². The van der Waals surface area contributed by atoms with Crippen molar-refractivity contribution in [2.75, 3.05) is 7.11 Å². The molecular formula is C18H25ClN2O3S. The van der Waals surface area contributed by atoms with Crippen LogP contribution in [0.4, 0.5) is 0 Å². The van der Waals surface area contributed by atoms with Crippen molar-refractivity contribution >= 4 is 22.4 Å². The minimum atomic E-state index is -3.82. The number of nitrogens with one attached hydrogen (secondary N) is 1. The van der Waals surface area contributed by atoms with Crippen LogP contribution in [0.25, 0.3) is 0 Å². The molecule has 0 fully saturated rings. The number of benzene rings is 2. The number of hydrogen-bond donors (Lipinski definition) is 2. The summed E-state index contributed by atoms with van der Waals surface area (Å²) < 4.78 is 28.5. The minimum absolute atomic E-state index is 0. The van der Waals surface area contributed by atoms with Gasteiger partial charge in [-0.25, -0.2) is 13.6 Å². The summed E-state index contributed by atoms with van der Waals surface area (Å²) in [6, 6.07) is 15.6. The van der Waals surface area contributed by atoms with E-state index in [9.17, 15) is 8.42 Å². The molecule has 0 radical (unpaired) electrons. The highest BCUT2D eigenvalue weighted by Gasteiger charge is 2.17. The second-order valence-electron chi connectivity index (χ2n) is 5.93. The maximum Gasteiger partial charge on any atom is 0.241 e. The van der Waals surface area contributed by atoms with Crippen molar-refractivity contribution in [2.24, 2.45) is 5.14 Å². The summed E-state index contributed by atoms with van der Waals surface area (Å²) in [7, 11) is -2.39. The van der Waals surface area contributed by atoms with Gasteiger partial charge in [0, 0.05) is 12.1 Å². The second-order valence-corrected chi connectivity index (χ2v) is 7.46. The summed E-state index contributed by atoms with van der Waals surface area (Å²) >= 11 is 0. The van der Waals surface area contributed by atoms with Crippen LogP contribution in [0.2, 0.25) is 0 Å². The van der Waals surface area contributed by atoms with Gasteiger partial charge in [0.15, 0.2) is 0 Å². The number of ether oxygens (including phenoxy) is 1. The maximum atomic E-state index is 11.7. The molecule has 0 saturated heterocycles. The van der Waals surface area contributed by atoms with Crippen molar-refractivity contribution < 1.29 is 13.2 Å². The molecule has 0 spiro atoms. The third kappa shape index (κ3) is 6.01. The molecular weight excluding hydrogens is 360 g/mol. The van der Waals surface area contributed by atoms with Gasteiger partial charge in [-0.05, 0) is 43.5 Å². The highest BCUT2D eigenvalue weighted by atomic mass is 35.5. The van der Waals surface area contributed by atoms with Gasteiger partial charge in [0.25, 0.3) is 0 Å². The van der Waals surface area contributed by atoms with E-state index in [2.05, 4.69) is 31.3 Å². The first kappa shape index (κ1) is 21.4. The molecule has 5 nitrogen and oxygen atoms in total. The van der Waals surface area contributed by atoms with Crippen LogP contribution in [0.3, 0.4) is 0 Å². The van der Waals surface area contributed by atoms with Gasteiger partial charge in [-0.15, -0.1) is 12.4 Å². The van der Waals surface area contributed by atoms with E-state index >= 15 is 0 Å². The van der Waals surface area contributed by atoms with E-state index < -0.39 is 10.0 Å². The van der Waals surface area contributed by atoms with Crippen LogP contribution in [0.5, 0.6) is 5.75 Å². The quantitative estimate of drug-likeness (QED) is 0.768. The number of halogens is 1. The largest absolute Gasteiger partial charge is 0.495 e. The van der Waals surface area contributed by atoms with Crippen molar-refractivity contribution in [2.45, 2.75) is 37.2 Å². The van der Waals surface area contributed by atoms with Gasteiger partial charge >= 0.3 is 0 Å². The fourth-order valence-electron chi connectivity index (χ4n) is 2.75. The zero-order valence-corrected chi connectivity index (χ0v) is 16.2. The third-order valence-corrected chi connectivity index (χ3v) is 4.84. The molecule has 0 amide bonds. The predicted octanol–water partition coefficient (Wildman–Crippen LogP) is 3.05. The van der Waals surface area contributed by atoms with Gasteiger partial charge in [0.05, 0.1) is 7.11 Å². The molecule has 0 aliphatic heterocycles. The number of methoxy groups -OCH3 is 1. The monoisotopic (exact) mass is 384 g/mol. The van der Waals surface area contributed by atoms with Gasteiger partial charge < -0.3 is 10.1 Å². The first-order valence-corrected chi connectivity index (χ1v) is 9.36. The van der Waals surface area contributed by atoms with Crippen molar-refractivity contribution in [3.05, 3.63) is 59.7 Å². The molecule has 138 valence electrons. The summed E-state index contributed by atoms with van der Waals surface area (Å²) in [5, 5.41) is 8.79. The first-order valence-electron chi connectivity index (χ1n) is 7.82. The first-order chi connectivity index (χ1) is 11.3. The lowest BCUT2D eigenvalue weighted by molar-refractivity contribution is 0.402. The fourth-order valence-corrected chi connectivity index (χ4v) is 3.50. The SMILES string of the molecule is COc1ccc(CC(C)N[C@H](C)c2ccccc2)cc1S(N)(=O)=O.Cl. The molecule has 0 aliphatic rings. The van der Waals surface area contributed by atoms with E-state index in [4.69, 9.17) is 9.88 Å². The Kier molecular flexibility index (Phi) is 7.89. The molecule has 2 atom stereocenters. The highest BCUT2D eigenvalue weighted by Crippen LogP contribution is 2.24. The Morgan fingerprint density at radius 1 is 1.12 bits per heavy atom. The summed E-state index contributed by atoms with van der Waals surface area (Å²) in [6.45, 7) is 4.18. The van der Waals surface area contributed by atoms with Gasteiger partial charge in [-0.3, -0.25) is 0 Å². The molecule has 2 rings (SSSR count). The molecule has 3 N–H and O–H groups in total. The lowest BCUT2D eigenvalue weighted by Crippen LogP contribution is -2.30. The van der Waals surface area contributed by atoms with Gasteiger partial charge in [0.2, 0.25) is 10.0 Å². The molecule has 0 bridgehead atoms. The molecule has 0 saturated carbocycles. The summed E-state index contributed by atoms with van der Waals surface area (Å²) in [6.07, 6.45) is 0.684. The van der Waals surface area contributed by atoms with E-state index in [-0.39, 0.29) is 35.1 Å². The molecule has 0 aromatic heterocycles. The molecule has 0 heterocycles. The van der Waals surface area contributed by atoms with E-state index in [0.717, 1.165) is 5.56 Å². The molecule has 2 aromatic rings. The van der Waals surface area contributed by atoms with Crippen LogP contribution in [-0.2, 0) is 16.4 Å². The van der Waals surface area contributed by atoms with E-state index in [1.54, 1.807) is 12.1 Å². The third-order valence-electron chi connectivity index (χ3n) is 3.91. The van der Waals surface area contributed by atoms with Gasteiger partial charge in [-0.2, -0.15) is 0 Å². The van der Waals surface area contributed by atoms with Crippen molar-refractivity contribution in [3.8, 4) is 5.75 Å². The molecule has 1 unspecified atom stereocenters. The van der Waals surface area contributed by atoms with Crippen molar-refractivity contribution in [1.29, 1.82) is 0 Å². The molecule has 2 aromatic carbocycles. The maximum absolute atomic E-state index is 11.7. The summed E-state index contributed by atoms with van der Waals surface area (Å²) in [4.78, 5) is 0.0193. The molecule has 0 aliphatic carbocycles. The molecule has 7 heteroatoms. The van der Waals surface area contributed by atoms with Crippen LogP contribution in [0.1, 0.15) is 31.0 Å². The zero-order valence-electron chi connectivity index (χ0n) is 14.6. The van der Waals surface area contributed by atoms with Crippen LogP contribution < -0.4 is 15.2 Å². The lowest BCUT2D eigenvalue weighted by atomic mass is 10.0. The average Bonchev–Trinajstić information content (AvgIpc) is 2.54. The van der Waals surface area contributed by atoms with Crippen LogP contribution in [0, 0.1) is 0 Å². The highest BCUT2D eigenvalue weighted by molar-refractivity contribution is 7.89. The Balaban J connectivity index is 0.00000312. The standard InChI is InChI=1S/C18H24N2O3S.ClH/c1-13(20-14(2)16-7-5-4-6-8-16)11-15-9-10-17(23-3)18(12-15)24(19,21)22;/h4-10,12-14,20H,11H2,1-3H3,(H2,19,21,22);1H/t13?,14-;/m1./s1. The summed E-state index contributed by atoms with van der Waals surface area (Å²) in [5.74, 6) is 0.263. The number of sulfonamides is 1. The Labute approximate surface area is 156 Å². The Morgan fingerprint density at radius 2 is 1.76 bits per heavy atom. The van der Waals surface area contributed by atoms with Gasteiger partial charge in [-0.1, -0.05) is 36.4 Å². The smallest absolute Gasteiger partial charge is 0.241 e. The number of rotatable bonds is 7. The normalized spacial score (nSPS) is 13.6. The Hall–Kier alpha value is -1.60. The van der Waals surface area contributed by atoms with E-state index in [0.29, 0.717) is 6.42 Å². The van der Waals surface area contributed by atoms with Crippen LogP contribution >= 0.6 is 12.4 Å². The Bertz CT molecular complexity index is 782. The topological polar surface area (TPSA) is 81.4 Å². The van der Waals surface area contributed by atoms with Crippen LogP contribution in [0.15, 0.2) is 53.4 Å².